The molecule has 2 aromatic rings. The number of hydrogen-bond donors (Lipinski definition) is 2. The average Bonchev–Trinajstić information content (AvgIpc) is 3.23. The summed E-state index contributed by atoms with van der Waals surface area (Å²) in [6.07, 6.45) is 12.1. The first-order valence-corrected chi connectivity index (χ1v) is 9.58. The van der Waals surface area contributed by atoms with E-state index in [2.05, 4.69) is 39.6 Å². The number of nitrogens with zero attached hydrogens (tertiary/aromatic N) is 5. The number of rotatable bonds is 4. The lowest BCUT2D eigenvalue weighted by atomic mass is 9.79. The minimum Gasteiger partial charge on any atom is -0.356 e. The first-order valence-electron chi connectivity index (χ1n) is 9.58. The zero-order chi connectivity index (χ0) is 18.1. The Labute approximate surface area is 155 Å². The van der Waals surface area contributed by atoms with Crippen molar-refractivity contribution in [1.29, 1.82) is 0 Å². The number of nitrogens with one attached hydrogen (secondary N) is 2. The Morgan fingerprint density at radius 2 is 2.23 bits per heavy atom. The maximum Gasteiger partial charge on any atom is 0.229 e. The van der Waals surface area contributed by atoms with Crippen LogP contribution in [0.5, 0.6) is 0 Å². The van der Waals surface area contributed by atoms with Crippen molar-refractivity contribution in [3.05, 3.63) is 24.2 Å². The molecule has 26 heavy (non-hydrogen) atoms. The van der Waals surface area contributed by atoms with E-state index >= 15 is 0 Å². The number of piperidine rings is 1. The highest BCUT2D eigenvalue weighted by Crippen LogP contribution is 2.45. The summed E-state index contributed by atoms with van der Waals surface area (Å²) in [6, 6.07) is 0.551. The molecule has 0 aromatic carbocycles. The van der Waals surface area contributed by atoms with Gasteiger partial charge in [-0.3, -0.25) is 4.68 Å². The molecule has 1 aliphatic heterocycles. The maximum absolute atomic E-state index is 4.81. The Morgan fingerprint density at radius 3 is 2.96 bits per heavy atom. The summed E-state index contributed by atoms with van der Waals surface area (Å²) in [5, 5.41) is 11.0. The number of aromatic nitrogens is 4. The van der Waals surface area contributed by atoms with Gasteiger partial charge in [-0.2, -0.15) is 10.1 Å². The van der Waals surface area contributed by atoms with Crippen LogP contribution in [-0.2, 0) is 7.05 Å². The standard InChI is InChI=1S/C19H29N7/c1-14-10-21-18(23-15-11-22-25(2)12-15)24-17(14)26(3)16-5-7-19(9-16)6-4-8-20-13-19/h10-12,16,20H,4-9,13H2,1-3H3,(H,21,23,24). The van der Waals surface area contributed by atoms with Gasteiger partial charge in [-0.15, -0.1) is 0 Å². The fourth-order valence-corrected chi connectivity index (χ4v) is 4.56. The topological polar surface area (TPSA) is 70.9 Å². The van der Waals surface area contributed by atoms with Crippen molar-refractivity contribution in [2.24, 2.45) is 12.5 Å². The number of anilines is 3. The lowest BCUT2D eigenvalue weighted by molar-refractivity contribution is 0.213. The summed E-state index contributed by atoms with van der Waals surface area (Å²) in [7, 11) is 4.08. The predicted molar refractivity (Wildman–Crippen MR) is 104 cm³/mol. The normalized spacial score (nSPS) is 25.6. The van der Waals surface area contributed by atoms with Crippen LogP contribution in [0.1, 0.15) is 37.7 Å². The molecule has 1 aliphatic carbocycles. The highest BCUT2D eigenvalue weighted by molar-refractivity contribution is 5.55. The second kappa shape index (κ2) is 6.87. The van der Waals surface area contributed by atoms with Crippen molar-refractivity contribution in [2.45, 2.75) is 45.1 Å². The molecule has 1 spiro atoms. The van der Waals surface area contributed by atoms with Crippen molar-refractivity contribution in [3.63, 3.8) is 0 Å². The zero-order valence-corrected chi connectivity index (χ0v) is 16.0. The second-order valence-corrected chi connectivity index (χ2v) is 8.02. The molecule has 0 amide bonds. The monoisotopic (exact) mass is 355 g/mol. The van der Waals surface area contributed by atoms with Gasteiger partial charge >= 0.3 is 0 Å². The molecular formula is C19H29N7. The molecule has 2 fully saturated rings. The number of hydrogen-bond acceptors (Lipinski definition) is 6. The fraction of sp³-hybridized carbons (Fsp3) is 0.632. The first kappa shape index (κ1) is 17.3. The van der Waals surface area contributed by atoms with Crippen LogP contribution in [0.4, 0.5) is 17.5 Å². The van der Waals surface area contributed by atoms with Crippen molar-refractivity contribution >= 4 is 17.5 Å². The minimum atomic E-state index is 0.495. The van der Waals surface area contributed by atoms with Gasteiger partial charge < -0.3 is 15.5 Å². The molecule has 1 saturated heterocycles. The Bertz CT molecular complexity index is 763. The molecule has 2 aliphatic rings. The molecule has 0 radical (unpaired) electrons. The molecule has 7 heteroatoms. The SMILES string of the molecule is Cc1cnc(Nc2cnn(C)c2)nc1N(C)C1CCC2(CCCNC2)C1. The Hall–Kier alpha value is -2.15. The highest BCUT2D eigenvalue weighted by Gasteiger charge is 2.41. The van der Waals surface area contributed by atoms with Crippen molar-refractivity contribution in [3.8, 4) is 0 Å². The van der Waals surface area contributed by atoms with E-state index in [0.29, 0.717) is 17.4 Å². The van der Waals surface area contributed by atoms with Crippen LogP contribution < -0.4 is 15.5 Å². The summed E-state index contributed by atoms with van der Waals surface area (Å²) in [5.41, 5.74) is 2.51. The van der Waals surface area contributed by atoms with E-state index < -0.39 is 0 Å². The van der Waals surface area contributed by atoms with Crippen LogP contribution in [0, 0.1) is 12.3 Å². The van der Waals surface area contributed by atoms with Gasteiger partial charge in [-0.1, -0.05) is 0 Å². The van der Waals surface area contributed by atoms with Gasteiger partial charge in [0.25, 0.3) is 0 Å². The molecule has 2 unspecified atom stereocenters. The Kier molecular flexibility index (Phi) is 4.56. The van der Waals surface area contributed by atoms with Gasteiger partial charge in [0.15, 0.2) is 0 Å². The molecule has 7 nitrogen and oxygen atoms in total. The van der Waals surface area contributed by atoms with Crippen LogP contribution in [0.2, 0.25) is 0 Å². The highest BCUT2D eigenvalue weighted by atomic mass is 15.3. The molecule has 4 rings (SSSR count). The average molecular weight is 355 g/mol. The lowest BCUT2D eigenvalue weighted by Gasteiger charge is -2.35. The van der Waals surface area contributed by atoms with Gasteiger partial charge in [0.05, 0.1) is 11.9 Å². The van der Waals surface area contributed by atoms with Gasteiger partial charge in [-0.25, -0.2) is 4.98 Å². The molecule has 3 heterocycles. The van der Waals surface area contributed by atoms with Gasteiger partial charge in [-0.05, 0) is 51.0 Å². The number of aryl methyl sites for hydroxylation is 2. The van der Waals surface area contributed by atoms with Crippen LogP contribution >= 0.6 is 0 Å². The van der Waals surface area contributed by atoms with E-state index in [9.17, 15) is 0 Å². The molecule has 140 valence electrons. The quantitative estimate of drug-likeness (QED) is 0.878. The van der Waals surface area contributed by atoms with E-state index in [1.165, 1.54) is 45.2 Å². The largest absolute Gasteiger partial charge is 0.356 e. The third-order valence-corrected chi connectivity index (χ3v) is 6.03. The summed E-state index contributed by atoms with van der Waals surface area (Å²) >= 11 is 0. The predicted octanol–water partition coefficient (Wildman–Crippen LogP) is 2.62. The molecule has 0 bridgehead atoms. The summed E-state index contributed by atoms with van der Waals surface area (Å²) < 4.78 is 1.76. The summed E-state index contributed by atoms with van der Waals surface area (Å²) in [5.74, 6) is 1.65. The van der Waals surface area contributed by atoms with Crippen LogP contribution in [0.15, 0.2) is 18.6 Å². The molecule has 2 aromatic heterocycles. The maximum atomic E-state index is 4.81. The second-order valence-electron chi connectivity index (χ2n) is 8.02. The van der Waals surface area contributed by atoms with Gasteiger partial charge in [0, 0.05) is 44.6 Å². The van der Waals surface area contributed by atoms with Gasteiger partial charge in [0.2, 0.25) is 5.95 Å². The van der Waals surface area contributed by atoms with Crippen LogP contribution in [0.3, 0.4) is 0 Å². The van der Waals surface area contributed by atoms with E-state index in [1.807, 2.05) is 19.4 Å². The van der Waals surface area contributed by atoms with Crippen molar-refractivity contribution in [2.75, 3.05) is 30.4 Å². The molecule has 1 saturated carbocycles. The summed E-state index contributed by atoms with van der Waals surface area (Å²) in [4.78, 5) is 11.6. The first-order chi connectivity index (χ1) is 12.5. The molecular weight excluding hydrogens is 326 g/mol. The van der Waals surface area contributed by atoms with E-state index in [4.69, 9.17) is 4.98 Å². The Morgan fingerprint density at radius 1 is 1.35 bits per heavy atom. The van der Waals surface area contributed by atoms with Crippen molar-refractivity contribution in [1.82, 2.24) is 25.1 Å². The fourth-order valence-electron chi connectivity index (χ4n) is 4.56. The molecule has 2 atom stereocenters. The van der Waals surface area contributed by atoms with E-state index in [1.54, 1.807) is 10.9 Å². The lowest BCUT2D eigenvalue weighted by Crippen LogP contribution is -2.40. The minimum absolute atomic E-state index is 0.495. The zero-order valence-electron chi connectivity index (χ0n) is 16.0. The van der Waals surface area contributed by atoms with E-state index in [-0.39, 0.29) is 0 Å². The Balaban J connectivity index is 1.50. The van der Waals surface area contributed by atoms with Crippen molar-refractivity contribution < 1.29 is 0 Å². The third kappa shape index (κ3) is 3.40. The smallest absolute Gasteiger partial charge is 0.229 e. The summed E-state index contributed by atoms with van der Waals surface area (Å²) in [6.45, 7) is 4.44. The van der Waals surface area contributed by atoms with Gasteiger partial charge in [0.1, 0.15) is 5.82 Å². The van der Waals surface area contributed by atoms with Crippen LogP contribution in [-0.4, -0.2) is 45.9 Å². The van der Waals surface area contributed by atoms with Crippen LogP contribution in [0.25, 0.3) is 0 Å². The third-order valence-electron chi connectivity index (χ3n) is 6.03. The van der Waals surface area contributed by atoms with E-state index in [0.717, 1.165) is 17.1 Å². The molecule has 2 N–H and O–H groups in total.